The summed E-state index contributed by atoms with van der Waals surface area (Å²) in [5, 5.41) is 3.28. The fraction of sp³-hybridized carbons (Fsp3) is 0.455. The Kier molecular flexibility index (Phi) is 2.07. The number of aromatic nitrogens is 3. The Morgan fingerprint density at radius 3 is 2.94 bits per heavy atom. The lowest BCUT2D eigenvalue weighted by Crippen LogP contribution is -2.43. The van der Waals surface area contributed by atoms with E-state index >= 15 is 0 Å². The van der Waals surface area contributed by atoms with Crippen LogP contribution in [0.4, 0.5) is 5.82 Å². The Bertz CT molecular complexity index is 526. The Labute approximate surface area is 93.7 Å². The van der Waals surface area contributed by atoms with Crippen molar-refractivity contribution in [3.63, 3.8) is 0 Å². The number of anilines is 1. The molecule has 5 heteroatoms. The van der Waals surface area contributed by atoms with Crippen molar-refractivity contribution in [3.05, 3.63) is 23.9 Å². The van der Waals surface area contributed by atoms with Gasteiger partial charge in [-0.15, -0.1) is 0 Å². The normalized spacial score (nSPS) is 16.6. The summed E-state index contributed by atoms with van der Waals surface area (Å²) >= 11 is 0. The third kappa shape index (κ3) is 1.36. The Balaban J connectivity index is 2.08. The maximum absolute atomic E-state index is 5.83. The summed E-state index contributed by atoms with van der Waals surface area (Å²) in [4.78, 5) is 8.52. The van der Waals surface area contributed by atoms with E-state index in [0.717, 1.165) is 36.8 Å². The van der Waals surface area contributed by atoms with Crippen molar-refractivity contribution in [1.29, 1.82) is 0 Å². The van der Waals surface area contributed by atoms with Crippen LogP contribution in [0.2, 0.25) is 0 Å². The lowest BCUT2D eigenvalue weighted by atomic mass is 9.97. The molecule has 0 radical (unpaired) electrons. The predicted molar refractivity (Wildman–Crippen MR) is 62.2 cm³/mol. The average Bonchev–Trinajstić information content (AvgIpc) is 2.59. The molecule has 2 aromatic rings. The van der Waals surface area contributed by atoms with Gasteiger partial charge < -0.3 is 11.1 Å². The molecule has 0 amide bonds. The zero-order valence-electron chi connectivity index (χ0n) is 9.27. The van der Waals surface area contributed by atoms with Gasteiger partial charge in [0.25, 0.3) is 0 Å². The van der Waals surface area contributed by atoms with Crippen molar-refractivity contribution in [2.45, 2.75) is 13.3 Å². The summed E-state index contributed by atoms with van der Waals surface area (Å²) in [6.07, 6.45) is 4.70. The van der Waals surface area contributed by atoms with Crippen molar-refractivity contribution in [2.75, 3.05) is 18.8 Å². The van der Waals surface area contributed by atoms with E-state index in [-0.39, 0.29) is 0 Å². The highest BCUT2D eigenvalue weighted by atomic mass is 15.1. The molecular formula is C11H15N5. The van der Waals surface area contributed by atoms with Crippen LogP contribution >= 0.6 is 0 Å². The molecule has 0 aliphatic carbocycles. The summed E-state index contributed by atoms with van der Waals surface area (Å²) in [5.41, 5.74) is 7.95. The van der Waals surface area contributed by atoms with Gasteiger partial charge in [-0.2, -0.15) is 0 Å². The highest BCUT2D eigenvalue weighted by molar-refractivity contribution is 5.65. The van der Waals surface area contributed by atoms with Crippen LogP contribution in [0.5, 0.6) is 0 Å². The van der Waals surface area contributed by atoms with Crippen LogP contribution in [0.1, 0.15) is 11.5 Å². The van der Waals surface area contributed by atoms with E-state index in [4.69, 9.17) is 5.73 Å². The molecule has 1 fully saturated rings. The van der Waals surface area contributed by atoms with Gasteiger partial charge in [0.15, 0.2) is 0 Å². The van der Waals surface area contributed by atoms with Crippen molar-refractivity contribution >= 4 is 11.3 Å². The Morgan fingerprint density at radius 1 is 1.44 bits per heavy atom. The third-order valence-electron chi connectivity index (χ3n) is 3.20. The predicted octanol–water partition coefficient (Wildman–Crippen LogP) is 0.382. The number of nitrogens with two attached hydrogens (primary N) is 1. The summed E-state index contributed by atoms with van der Waals surface area (Å²) in [6.45, 7) is 4.19. The van der Waals surface area contributed by atoms with Gasteiger partial charge in [-0.25, -0.2) is 9.97 Å². The van der Waals surface area contributed by atoms with Crippen molar-refractivity contribution in [1.82, 2.24) is 19.7 Å². The summed E-state index contributed by atoms with van der Waals surface area (Å²) in [7, 11) is 0. The van der Waals surface area contributed by atoms with Crippen molar-refractivity contribution in [3.8, 4) is 0 Å². The second kappa shape index (κ2) is 3.45. The molecule has 0 spiro atoms. The average molecular weight is 217 g/mol. The van der Waals surface area contributed by atoms with Crippen LogP contribution in [-0.2, 0) is 6.42 Å². The second-order valence-electron chi connectivity index (χ2n) is 4.39. The van der Waals surface area contributed by atoms with E-state index in [1.54, 1.807) is 6.20 Å². The van der Waals surface area contributed by atoms with Gasteiger partial charge in [-0.1, -0.05) is 0 Å². The first kappa shape index (κ1) is 9.59. The minimum Gasteiger partial charge on any atom is -0.382 e. The quantitative estimate of drug-likeness (QED) is 0.763. The third-order valence-corrected chi connectivity index (χ3v) is 3.20. The summed E-state index contributed by atoms with van der Waals surface area (Å²) in [6, 6.07) is 0. The molecule has 3 heterocycles. The van der Waals surface area contributed by atoms with Crippen LogP contribution < -0.4 is 11.1 Å². The SMILES string of the molecule is Cc1ncc2c(N)ncc(CC3CNC3)n12. The number of hydrogen-bond donors (Lipinski definition) is 2. The van der Waals surface area contributed by atoms with Gasteiger partial charge in [0.05, 0.1) is 6.20 Å². The van der Waals surface area contributed by atoms with E-state index in [2.05, 4.69) is 19.7 Å². The topological polar surface area (TPSA) is 68.2 Å². The van der Waals surface area contributed by atoms with Crippen LogP contribution in [0, 0.1) is 12.8 Å². The van der Waals surface area contributed by atoms with Crippen LogP contribution in [0.25, 0.3) is 5.52 Å². The molecule has 3 N–H and O–H groups in total. The fourth-order valence-electron chi connectivity index (χ4n) is 2.19. The molecule has 2 aromatic heterocycles. The molecule has 16 heavy (non-hydrogen) atoms. The van der Waals surface area contributed by atoms with Gasteiger partial charge in [-0.05, 0) is 32.4 Å². The summed E-state index contributed by atoms with van der Waals surface area (Å²) < 4.78 is 2.11. The molecule has 84 valence electrons. The first-order valence-corrected chi connectivity index (χ1v) is 5.54. The minimum absolute atomic E-state index is 0.552. The smallest absolute Gasteiger partial charge is 0.149 e. The van der Waals surface area contributed by atoms with E-state index < -0.39 is 0 Å². The monoisotopic (exact) mass is 217 g/mol. The van der Waals surface area contributed by atoms with Crippen molar-refractivity contribution < 1.29 is 0 Å². The van der Waals surface area contributed by atoms with Gasteiger partial charge in [0.2, 0.25) is 0 Å². The zero-order valence-corrected chi connectivity index (χ0v) is 9.27. The lowest BCUT2D eigenvalue weighted by molar-refractivity contribution is 0.342. The molecule has 0 atom stereocenters. The van der Waals surface area contributed by atoms with Gasteiger partial charge in [-0.3, -0.25) is 4.40 Å². The zero-order chi connectivity index (χ0) is 11.1. The standard InChI is InChI=1S/C11H15N5/c1-7-14-6-10-11(12)15-5-9(16(7)10)2-8-3-13-4-8/h5-6,8,13H,2-4H2,1H3,(H2,12,15). The molecule has 1 aliphatic heterocycles. The molecule has 0 bridgehead atoms. The lowest BCUT2D eigenvalue weighted by Gasteiger charge is -2.27. The number of fused-ring (bicyclic) bond motifs is 1. The van der Waals surface area contributed by atoms with E-state index in [1.807, 2.05) is 13.1 Å². The number of nitrogens with one attached hydrogen (secondary N) is 1. The molecule has 5 nitrogen and oxygen atoms in total. The first-order chi connectivity index (χ1) is 7.75. The van der Waals surface area contributed by atoms with Crippen molar-refractivity contribution in [2.24, 2.45) is 5.92 Å². The molecule has 0 aromatic carbocycles. The molecule has 0 unspecified atom stereocenters. The van der Waals surface area contributed by atoms with Gasteiger partial charge >= 0.3 is 0 Å². The molecule has 3 rings (SSSR count). The van der Waals surface area contributed by atoms with E-state index in [0.29, 0.717) is 5.82 Å². The highest BCUT2D eigenvalue weighted by Crippen LogP contribution is 2.18. The number of aryl methyl sites for hydroxylation is 1. The largest absolute Gasteiger partial charge is 0.382 e. The van der Waals surface area contributed by atoms with Crippen LogP contribution in [-0.4, -0.2) is 27.5 Å². The minimum atomic E-state index is 0.552. The molecular weight excluding hydrogens is 202 g/mol. The Morgan fingerprint density at radius 2 is 2.25 bits per heavy atom. The number of nitrogen functional groups attached to an aromatic ring is 1. The van der Waals surface area contributed by atoms with E-state index in [9.17, 15) is 0 Å². The molecule has 1 saturated heterocycles. The number of imidazole rings is 1. The molecule has 0 saturated carbocycles. The maximum atomic E-state index is 5.83. The van der Waals surface area contributed by atoms with Gasteiger partial charge in [0, 0.05) is 11.9 Å². The van der Waals surface area contributed by atoms with Crippen LogP contribution in [0.3, 0.4) is 0 Å². The molecule has 1 aliphatic rings. The number of nitrogens with zero attached hydrogens (tertiary/aromatic N) is 3. The fourth-order valence-corrected chi connectivity index (χ4v) is 2.19. The maximum Gasteiger partial charge on any atom is 0.149 e. The summed E-state index contributed by atoms with van der Waals surface area (Å²) in [5.74, 6) is 2.25. The number of rotatable bonds is 2. The van der Waals surface area contributed by atoms with Crippen LogP contribution in [0.15, 0.2) is 12.4 Å². The van der Waals surface area contributed by atoms with Gasteiger partial charge in [0.1, 0.15) is 17.2 Å². The highest BCUT2D eigenvalue weighted by Gasteiger charge is 2.19. The Hall–Kier alpha value is -1.62. The van der Waals surface area contributed by atoms with E-state index in [1.165, 1.54) is 5.69 Å². The second-order valence-corrected chi connectivity index (χ2v) is 4.39. The first-order valence-electron chi connectivity index (χ1n) is 5.54. The number of hydrogen-bond acceptors (Lipinski definition) is 4.